The van der Waals surface area contributed by atoms with E-state index >= 15 is 0 Å². The van der Waals surface area contributed by atoms with Crippen LogP contribution in [0, 0.1) is 0 Å². The zero-order valence-electron chi connectivity index (χ0n) is 7.97. The van der Waals surface area contributed by atoms with E-state index < -0.39 is 6.08 Å². The Morgan fingerprint density at radius 2 is 2.20 bits per heavy atom. The molecule has 1 rings (SSSR count). The van der Waals surface area contributed by atoms with Crippen LogP contribution in [0.1, 0.15) is 5.56 Å². The average Bonchev–Trinajstić information content (AvgIpc) is 2.16. The summed E-state index contributed by atoms with van der Waals surface area (Å²) in [5, 5.41) is 0. The molecule has 0 aliphatic carbocycles. The summed E-state index contributed by atoms with van der Waals surface area (Å²) in [7, 11) is 1.46. The summed E-state index contributed by atoms with van der Waals surface area (Å²) in [6, 6.07) is 4.89. The fourth-order valence-electron chi connectivity index (χ4n) is 1.03. The molecule has 0 fully saturated rings. The van der Waals surface area contributed by atoms with Gasteiger partial charge in [0.2, 0.25) is 0 Å². The number of methoxy groups -OCH3 is 1. The minimum atomic E-state index is -1.77. The molecule has 0 atom stereocenters. The van der Waals surface area contributed by atoms with Gasteiger partial charge in [0.1, 0.15) is 5.75 Å². The first-order valence-electron chi connectivity index (χ1n) is 4.08. The first-order valence-corrected chi connectivity index (χ1v) is 4.87. The van der Waals surface area contributed by atoms with Crippen LogP contribution in [0.5, 0.6) is 5.75 Å². The molecule has 82 valence electrons. The van der Waals surface area contributed by atoms with Gasteiger partial charge in [0.25, 0.3) is 6.08 Å². The third-order valence-electron chi connectivity index (χ3n) is 1.58. The molecular weight excluding hydrogens is 270 g/mol. The largest absolute Gasteiger partial charge is 0.466 e. The first kappa shape index (κ1) is 12.1. The molecule has 1 aromatic rings. The van der Waals surface area contributed by atoms with Gasteiger partial charge in [0.05, 0.1) is 4.47 Å². The maximum atomic E-state index is 12.1. The third-order valence-corrected chi connectivity index (χ3v) is 2.21. The lowest BCUT2D eigenvalue weighted by Gasteiger charge is -2.09. The molecule has 0 amide bonds. The van der Waals surface area contributed by atoms with Crippen LogP contribution in [0.3, 0.4) is 0 Å². The Morgan fingerprint density at radius 3 is 2.80 bits per heavy atom. The van der Waals surface area contributed by atoms with Crippen LogP contribution in [-0.2, 0) is 4.74 Å². The van der Waals surface area contributed by atoms with Gasteiger partial charge >= 0.3 is 0 Å². The summed E-state index contributed by atoms with van der Waals surface area (Å²) >= 11 is 3.21. The van der Waals surface area contributed by atoms with E-state index in [0.717, 1.165) is 6.08 Å². The van der Waals surface area contributed by atoms with Crippen LogP contribution >= 0.6 is 15.9 Å². The molecule has 0 bridgehead atoms. The number of hydrogen-bond acceptors (Lipinski definition) is 2. The summed E-state index contributed by atoms with van der Waals surface area (Å²) in [6.45, 7) is 0.0113. The third kappa shape index (κ3) is 3.60. The molecule has 0 aromatic heterocycles. The molecule has 0 unspecified atom stereocenters. The second-order valence-electron chi connectivity index (χ2n) is 2.64. The highest BCUT2D eigenvalue weighted by Crippen LogP contribution is 2.30. The Morgan fingerprint density at radius 1 is 1.47 bits per heavy atom. The fourth-order valence-corrected chi connectivity index (χ4v) is 1.52. The highest BCUT2D eigenvalue weighted by molar-refractivity contribution is 9.10. The maximum absolute atomic E-state index is 12.1. The standard InChI is InChI=1S/C10H9BrF2O2/c1-14-6-15-10-7(5-9(12)13)3-2-4-8(10)11/h2-5H,6H2,1H3. The minimum absolute atomic E-state index is 0.0113. The number of benzene rings is 1. The monoisotopic (exact) mass is 278 g/mol. The number of para-hydroxylation sites is 1. The van der Waals surface area contributed by atoms with Crippen LogP contribution in [0.2, 0.25) is 0 Å². The van der Waals surface area contributed by atoms with Gasteiger partial charge in [-0.1, -0.05) is 12.1 Å². The van der Waals surface area contributed by atoms with Crippen molar-refractivity contribution in [2.45, 2.75) is 0 Å². The zero-order chi connectivity index (χ0) is 11.3. The molecular formula is C10H9BrF2O2. The quantitative estimate of drug-likeness (QED) is 0.783. The second-order valence-corrected chi connectivity index (χ2v) is 3.50. The van der Waals surface area contributed by atoms with Gasteiger partial charge in [-0.05, 0) is 22.0 Å². The smallest absolute Gasteiger partial charge is 0.271 e. The molecule has 0 spiro atoms. The van der Waals surface area contributed by atoms with Gasteiger partial charge < -0.3 is 9.47 Å². The minimum Gasteiger partial charge on any atom is -0.466 e. The predicted molar refractivity (Wildman–Crippen MR) is 56.8 cm³/mol. The van der Waals surface area contributed by atoms with Crippen LogP contribution < -0.4 is 4.74 Å². The van der Waals surface area contributed by atoms with Crippen molar-refractivity contribution in [3.05, 3.63) is 34.3 Å². The van der Waals surface area contributed by atoms with Crippen molar-refractivity contribution in [2.75, 3.05) is 13.9 Å². The van der Waals surface area contributed by atoms with E-state index in [1.165, 1.54) is 13.2 Å². The highest BCUT2D eigenvalue weighted by atomic mass is 79.9. The van der Waals surface area contributed by atoms with Gasteiger partial charge in [-0.25, -0.2) is 0 Å². The van der Waals surface area contributed by atoms with Crippen LogP contribution in [0.15, 0.2) is 28.8 Å². The Hall–Kier alpha value is -0.940. The highest BCUT2D eigenvalue weighted by Gasteiger charge is 2.07. The molecule has 1 aromatic carbocycles. The lowest BCUT2D eigenvalue weighted by molar-refractivity contribution is 0.0504. The van der Waals surface area contributed by atoms with Crippen LogP contribution in [0.4, 0.5) is 8.78 Å². The number of rotatable bonds is 4. The van der Waals surface area contributed by atoms with Gasteiger partial charge in [0, 0.05) is 18.7 Å². The molecule has 0 saturated heterocycles. The van der Waals surface area contributed by atoms with Gasteiger partial charge in [-0.15, -0.1) is 0 Å². The first-order chi connectivity index (χ1) is 7.15. The van der Waals surface area contributed by atoms with E-state index in [2.05, 4.69) is 15.9 Å². The lowest BCUT2D eigenvalue weighted by atomic mass is 10.2. The Kier molecular flexibility index (Phi) is 4.71. The van der Waals surface area contributed by atoms with Crippen molar-refractivity contribution in [1.29, 1.82) is 0 Å². The summed E-state index contributed by atoms with van der Waals surface area (Å²) in [4.78, 5) is 0. The maximum Gasteiger partial charge on any atom is 0.271 e. The van der Waals surface area contributed by atoms with Crippen LogP contribution in [-0.4, -0.2) is 13.9 Å². The number of halogens is 3. The van der Waals surface area contributed by atoms with E-state index in [1.807, 2.05) is 0 Å². The lowest BCUT2D eigenvalue weighted by Crippen LogP contribution is -2.00. The Balaban J connectivity index is 3.03. The van der Waals surface area contributed by atoms with Gasteiger partial charge in [-0.2, -0.15) is 8.78 Å². The summed E-state index contributed by atoms with van der Waals surface area (Å²) in [5.41, 5.74) is 0.307. The molecule has 0 radical (unpaired) electrons. The molecule has 15 heavy (non-hydrogen) atoms. The van der Waals surface area contributed by atoms with Crippen LogP contribution in [0.25, 0.3) is 6.08 Å². The summed E-state index contributed by atoms with van der Waals surface area (Å²) < 4.78 is 34.7. The van der Waals surface area contributed by atoms with Crippen molar-refractivity contribution >= 4 is 22.0 Å². The van der Waals surface area contributed by atoms with Crippen molar-refractivity contribution in [3.8, 4) is 5.75 Å². The fraction of sp³-hybridized carbons (Fsp3) is 0.200. The SMILES string of the molecule is COCOc1c(Br)cccc1C=C(F)F. The number of ether oxygens (including phenoxy) is 2. The van der Waals surface area contributed by atoms with Gasteiger partial charge in [-0.3, -0.25) is 0 Å². The summed E-state index contributed by atoms with van der Waals surface area (Å²) in [6.07, 6.45) is -1.02. The molecule has 5 heteroatoms. The van der Waals surface area contributed by atoms with E-state index in [0.29, 0.717) is 15.8 Å². The summed E-state index contributed by atoms with van der Waals surface area (Å²) in [5.74, 6) is 0.340. The predicted octanol–water partition coefficient (Wildman–Crippen LogP) is 3.67. The molecule has 0 heterocycles. The topological polar surface area (TPSA) is 18.5 Å². The van der Waals surface area contributed by atoms with E-state index in [4.69, 9.17) is 9.47 Å². The van der Waals surface area contributed by atoms with Crippen molar-refractivity contribution in [1.82, 2.24) is 0 Å². The second kappa shape index (κ2) is 5.82. The van der Waals surface area contributed by atoms with Crippen molar-refractivity contribution in [2.24, 2.45) is 0 Å². The molecule has 0 saturated carbocycles. The number of hydrogen-bond donors (Lipinski definition) is 0. The van der Waals surface area contributed by atoms with E-state index in [1.54, 1.807) is 12.1 Å². The Labute approximate surface area is 94.6 Å². The normalized spacial score (nSPS) is 9.87. The Bertz CT molecular complexity index is 362. The van der Waals surface area contributed by atoms with Gasteiger partial charge in [0.15, 0.2) is 6.79 Å². The molecule has 2 nitrogen and oxygen atoms in total. The van der Waals surface area contributed by atoms with E-state index in [9.17, 15) is 8.78 Å². The van der Waals surface area contributed by atoms with Crippen molar-refractivity contribution < 1.29 is 18.3 Å². The zero-order valence-corrected chi connectivity index (χ0v) is 9.55. The average molecular weight is 279 g/mol. The molecule has 0 N–H and O–H groups in total. The molecule has 0 aliphatic rings. The van der Waals surface area contributed by atoms with Crippen molar-refractivity contribution in [3.63, 3.8) is 0 Å². The van der Waals surface area contributed by atoms with E-state index in [-0.39, 0.29) is 6.79 Å². The molecule has 0 aliphatic heterocycles.